The predicted molar refractivity (Wildman–Crippen MR) is 80.1 cm³/mol. The highest BCUT2D eigenvalue weighted by atomic mass is 15.3. The van der Waals surface area contributed by atoms with Crippen molar-refractivity contribution in [2.24, 2.45) is 0 Å². The first kappa shape index (κ1) is 12.1. The Morgan fingerprint density at radius 2 is 2.05 bits per heavy atom. The zero-order valence-electron chi connectivity index (χ0n) is 12.2. The summed E-state index contributed by atoms with van der Waals surface area (Å²) >= 11 is 0. The molecular weight excluding hydrogens is 250 g/mol. The third-order valence-electron chi connectivity index (χ3n) is 4.62. The fourth-order valence-electron chi connectivity index (χ4n) is 3.21. The van der Waals surface area contributed by atoms with Crippen LogP contribution < -0.4 is 4.90 Å². The molecule has 106 valence electrons. The molecule has 0 spiro atoms. The van der Waals surface area contributed by atoms with Crippen LogP contribution in [0.5, 0.6) is 0 Å². The average Bonchev–Trinajstić information content (AvgIpc) is 3.02. The van der Waals surface area contributed by atoms with Crippen LogP contribution in [0.25, 0.3) is 11.0 Å². The van der Waals surface area contributed by atoms with Gasteiger partial charge in [-0.2, -0.15) is 0 Å². The van der Waals surface area contributed by atoms with E-state index < -0.39 is 0 Å². The summed E-state index contributed by atoms with van der Waals surface area (Å²) in [5.41, 5.74) is 1.10. The van der Waals surface area contributed by atoms with Crippen LogP contribution in [0.4, 0.5) is 5.82 Å². The van der Waals surface area contributed by atoms with E-state index in [0.29, 0.717) is 12.1 Å². The average molecular weight is 271 g/mol. The molecule has 0 N–H and O–H groups in total. The summed E-state index contributed by atoms with van der Waals surface area (Å²) in [7, 11) is 4.32. The Hall–Kier alpha value is -1.62. The van der Waals surface area contributed by atoms with Crippen molar-refractivity contribution in [2.45, 2.75) is 31.3 Å². The van der Waals surface area contributed by atoms with Crippen molar-refractivity contribution in [2.75, 3.05) is 32.1 Å². The Labute approximate surface area is 119 Å². The highest BCUT2D eigenvalue weighted by molar-refractivity contribution is 5.88. The fourth-order valence-corrected chi connectivity index (χ4v) is 3.21. The number of rotatable bonds is 3. The highest BCUT2D eigenvalue weighted by Crippen LogP contribution is 2.38. The third kappa shape index (κ3) is 1.88. The molecule has 2 aliphatic rings. The number of anilines is 1. The van der Waals surface area contributed by atoms with E-state index in [4.69, 9.17) is 0 Å². The van der Waals surface area contributed by atoms with Crippen molar-refractivity contribution >= 4 is 16.9 Å². The van der Waals surface area contributed by atoms with Gasteiger partial charge >= 0.3 is 0 Å². The van der Waals surface area contributed by atoms with Crippen molar-refractivity contribution in [1.82, 2.24) is 19.4 Å². The van der Waals surface area contributed by atoms with Crippen LogP contribution in [0.2, 0.25) is 0 Å². The molecule has 0 amide bonds. The molecule has 2 aromatic rings. The zero-order valence-corrected chi connectivity index (χ0v) is 12.2. The summed E-state index contributed by atoms with van der Waals surface area (Å²) in [6.07, 6.45) is 7.69. The van der Waals surface area contributed by atoms with Gasteiger partial charge in [-0.05, 0) is 39.4 Å². The minimum atomic E-state index is 0.630. The summed E-state index contributed by atoms with van der Waals surface area (Å²) in [5, 5.41) is 1.21. The Morgan fingerprint density at radius 1 is 1.20 bits per heavy atom. The molecule has 5 nitrogen and oxygen atoms in total. The maximum absolute atomic E-state index is 4.56. The van der Waals surface area contributed by atoms with E-state index in [-0.39, 0.29) is 0 Å². The first-order valence-corrected chi connectivity index (χ1v) is 7.47. The number of aromatic nitrogens is 3. The van der Waals surface area contributed by atoms with Gasteiger partial charge in [-0.1, -0.05) is 0 Å². The van der Waals surface area contributed by atoms with Crippen LogP contribution in [-0.4, -0.2) is 52.7 Å². The second-order valence-corrected chi connectivity index (χ2v) is 6.24. The van der Waals surface area contributed by atoms with Crippen LogP contribution >= 0.6 is 0 Å². The van der Waals surface area contributed by atoms with E-state index in [0.717, 1.165) is 24.6 Å². The van der Waals surface area contributed by atoms with Gasteiger partial charge in [0.25, 0.3) is 0 Å². The van der Waals surface area contributed by atoms with Gasteiger partial charge in [0.05, 0.1) is 5.39 Å². The van der Waals surface area contributed by atoms with E-state index in [1.807, 2.05) is 0 Å². The Kier molecular flexibility index (Phi) is 2.70. The number of likely N-dealkylation sites (N-methyl/N-ethyl adjacent to an activating group) is 1. The molecule has 1 saturated carbocycles. The van der Waals surface area contributed by atoms with Crippen molar-refractivity contribution in [3.8, 4) is 0 Å². The van der Waals surface area contributed by atoms with Crippen molar-refractivity contribution < 1.29 is 0 Å². The second kappa shape index (κ2) is 4.45. The van der Waals surface area contributed by atoms with Crippen LogP contribution in [0.1, 0.15) is 25.3 Å². The summed E-state index contributed by atoms with van der Waals surface area (Å²) < 4.78 is 2.32. The maximum atomic E-state index is 4.56. The molecule has 2 aromatic heterocycles. The smallest absolute Gasteiger partial charge is 0.145 e. The molecule has 1 atom stereocenters. The molecule has 3 heterocycles. The van der Waals surface area contributed by atoms with Crippen LogP contribution in [0.15, 0.2) is 18.6 Å². The minimum absolute atomic E-state index is 0.630. The maximum Gasteiger partial charge on any atom is 0.145 e. The molecule has 1 saturated heterocycles. The van der Waals surface area contributed by atoms with Gasteiger partial charge in [-0.25, -0.2) is 9.97 Å². The van der Waals surface area contributed by atoms with Gasteiger partial charge in [-0.15, -0.1) is 0 Å². The molecular formula is C15H21N5. The van der Waals surface area contributed by atoms with Crippen molar-refractivity contribution in [3.63, 3.8) is 0 Å². The minimum Gasteiger partial charge on any atom is -0.354 e. The van der Waals surface area contributed by atoms with Gasteiger partial charge in [0.2, 0.25) is 0 Å². The SMILES string of the molecule is CN(C)[C@@H]1CCN(c2ncnc3c2ccn3C2CC2)C1. The lowest BCUT2D eigenvalue weighted by atomic mass is 10.2. The molecule has 1 aliphatic heterocycles. The third-order valence-corrected chi connectivity index (χ3v) is 4.62. The number of hydrogen-bond donors (Lipinski definition) is 0. The van der Waals surface area contributed by atoms with Gasteiger partial charge in [0.1, 0.15) is 17.8 Å². The number of hydrogen-bond acceptors (Lipinski definition) is 4. The molecule has 20 heavy (non-hydrogen) atoms. The summed E-state index contributed by atoms with van der Waals surface area (Å²) in [4.78, 5) is 13.8. The van der Waals surface area contributed by atoms with Crippen molar-refractivity contribution in [1.29, 1.82) is 0 Å². The monoisotopic (exact) mass is 271 g/mol. The largest absolute Gasteiger partial charge is 0.354 e. The molecule has 1 aliphatic carbocycles. The summed E-state index contributed by atoms with van der Waals surface area (Å²) in [5.74, 6) is 1.11. The van der Waals surface area contributed by atoms with Gasteiger partial charge in [0.15, 0.2) is 0 Å². The highest BCUT2D eigenvalue weighted by Gasteiger charge is 2.29. The van der Waals surface area contributed by atoms with Gasteiger partial charge in [-0.3, -0.25) is 0 Å². The van der Waals surface area contributed by atoms with E-state index >= 15 is 0 Å². The van der Waals surface area contributed by atoms with E-state index in [9.17, 15) is 0 Å². The quantitative estimate of drug-likeness (QED) is 0.854. The number of nitrogens with zero attached hydrogens (tertiary/aromatic N) is 5. The van der Waals surface area contributed by atoms with E-state index in [2.05, 4.69) is 50.7 Å². The lowest BCUT2D eigenvalue weighted by Crippen LogP contribution is -2.31. The van der Waals surface area contributed by atoms with Gasteiger partial charge < -0.3 is 14.4 Å². The molecule has 4 rings (SSSR count). The van der Waals surface area contributed by atoms with E-state index in [1.54, 1.807) is 6.33 Å². The zero-order chi connectivity index (χ0) is 13.7. The molecule has 2 fully saturated rings. The van der Waals surface area contributed by atoms with Crippen molar-refractivity contribution in [3.05, 3.63) is 18.6 Å². The Balaban J connectivity index is 1.70. The Bertz CT molecular complexity index is 628. The topological polar surface area (TPSA) is 37.2 Å². The fraction of sp³-hybridized carbons (Fsp3) is 0.600. The standard InChI is InChI=1S/C15H21N5/c1-18(2)12-5-7-19(9-12)14-13-6-8-20(11-3-4-11)15(13)17-10-16-14/h6,8,10-12H,3-5,7,9H2,1-2H3/t12-/m1/s1. The lowest BCUT2D eigenvalue weighted by molar-refractivity contribution is 0.315. The first-order chi connectivity index (χ1) is 9.74. The van der Waals surface area contributed by atoms with Crippen LogP contribution in [-0.2, 0) is 0 Å². The lowest BCUT2D eigenvalue weighted by Gasteiger charge is -2.21. The van der Waals surface area contributed by atoms with E-state index in [1.165, 1.54) is 24.6 Å². The second-order valence-electron chi connectivity index (χ2n) is 6.24. The van der Waals surface area contributed by atoms with Crippen LogP contribution in [0, 0.1) is 0 Å². The molecule has 0 bridgehead atoms. The van der Waals surface area contributed by atoms with Gasteiger partial charge in [0, 0.05) is 31.4 Å². The molecule has 0 radical (unpaired) electrons. The molecule has 0 aromatic carbocycles. The molecule has 0 unspecified atom stereocenters. The predicted octanol–water partition coefficient (Wildman–Crippen LogP) is 1.91. The molecule has 5 heteroatoms. The summed E-state index contributed by atoms with van der Waals surface area (Å²) in [6.45, 7) is 2.15. The number of fused-ring (bicyclic) bond motifs is 1. The Morgan fingerprint density at radius 3 is 2.75 bits per heavy atom. The summed E-state index contributed by atoms with van der Waals surface area (Å²) in [6, 6.07) is 3.49. The normalized spacial score (nSPS) is 23.1. The first-order valence-electron chi connectivity index (χ1n) is 7.47. The van der Waals surface area contributed by atoms with Crippen LogP contribution in [0.3, 0.4) is 0 Å².